The van der Waals surface area contributed by atoms with Gasteiger partial charge in [0.2, 0.25) is 5.75 Å². The summed E-state index contributed by atoms with van der Waals surface area (Å²) >= 11 is 12.8. The summed E-state index contributed by atoms with van der Waals surface area (Å²) in [4.78, 5) is 12.2. The van der Waals surface area contributed by atoms with Crippen molar-refractivity contribution in [3.63, 3.8) is 0 Å². The Hall–Kier alpha value is -5.42. The highest BCUT2D eigenvalue weighted by atomic mass is 35.5. The molecule has 0 radical (unpaired) electrons. The molecule has 12 heteroatoms. The van der Waals surface area contributed by atoms with Crippen LogP contribution < -0.4 is 34.3 Å². The highest BCUT2D eigenvalue weighted by Gasteiger charge is 2.17. The zero-order chi connectivity index (χ0) is 39.2. The molecule has 0 saturated heterocycles. The van der Waals surface area contributed by atoms with Gasteiger partial charge >= 0.3 is 0 Å². The first-order chi connectivity index (χ1) is 27.3. The van der Waals surface area contributed by atoms with Crippen molar-refractivity contribution in [3.05, 3.63) is 101 Å². The molecule has 0 unspecified atom stereocenters. The van der Waals surface area contributed by atoms with Crippen molar-refractivity contribution in [2.75, 3.05) is 72.4 Å². The SMILES string of the molecule is COc1ccc2nc3cc(Cl)ccc3c(NCCCN(CCCNc3c4ccc(Cl)cc4nc4ccc(OC)cc34)Cc3cc(OC)c(OC)c(OC)c3)c2c1. The maximum absolute atomic E-state index is 6.38. The molecule has 2 N–H and O–H groups in total. The van der Waals surface area contributed by atoms with E-state index in [0.29, 0.717) is 33.8 Å². The van der Waals surface area contributed by atoms with Crippen molar-refractivity contribution < 1.29 is 23.7 Å². The summed E-state index contributed by atoms with van der Waals surface area (Å²) in [7, 11) is 8.25. The van der Waals surface area contributed by atoms with Crippen LogP contribution in [0.1, 0.15) is 18.4 Å². The lowest BCUT2D eigenvalue weighted by atomic mass is 10.1. The van der Waals surface area contributed by atoms with Gasteiger partial charge in [-0.25, -0.2) is 9.97 Å². The molecule has 2 heterocycles. The molecule has 7 aromatic rings. The number of fused-ring (bicyclic) bond motifs is 4. The minimum Gasteiger partial charge on any atom is -0.497 e. The number of halogens is 2. The summed E-state index contributed by atoms with van der Waals surface area (Å²) in [5, 5.41) is 12.8. The molecular formula is C44H45Cl2N5O5. The molecule has 0 atom stereocenters. The number of hydrogen-bond donors (Lipinski definition) is 2. The lowest BCUT2D eigenvalue weighted by Gasteiger charge is -2.24. The molecule has 10 nitrogen and oxygen atoms in total. The van der Waals surface area contributed by atoms with E-state index >= 15 is 0 Å². The molecule has 5 aromatic carbocycles. The smallest absolute Gasteiger partial charge is 0.203 e. The number of hydrogen-bond acceptors (Lipinski definition) is 10. The van der Waals surface area contributed by atoms with Gasteiger partial charge in [-0.05, 0) is 103 Å². The molecule has 0 spiro atoms. The summed E-state index contributed by atoms with van der Waals surface area (Å²) in [6, 6.07) is 27.6. The molecule has 0 fully saturated rings. The van der Waals surface area contributed by atoms with Crippen molar-refractivity contribution in [2.24, 2.45) is 0 Å². The van der Waals surface area contributed by atoms with Crippen molar-refractivity contribution in [3.8, 4) is 28.7 Å². The maximum atomic E-state index is 6.38. The molecule has 0 amide bonds. The topological polar surface area (TPSA) is 99.2 Å². The van der Waals surface area contributed by atoms with E-state index in [1.165, 1.54) is 0 Å². The van der Waals surface area contributed by atoms with Gasteiger partial charge in [0.05, 0.1) is 69.0 Å². The zero-order valence-corrected chi connectivity index (χ0v) is 33.7. The second-order valence-electron chi connectivity index (χ2n) is 13.4. The lowest BCUT2D eigenvalue weighted by Crippen LogP contribution is -2.28. The van der Waals surface area contributed by atoms with Crippen molar-refractivity contribution in [1.29, 1.82) is 0 Å². The van der Waals surface area contributed by atoms with Crippen LogP contribution >= 0.6 is 23.2 Å². The number of ether oxygens (including phenoxy) is 5. The van der Waals surface area contributed by atoms with Gasteiger partial charge in [-0.15, -0.1) is 0 Å². The van der Waals surface area contributed by atoms with Crippen LogP contribution in [-0.4, -0.2) is 76.6 Å². The molecular weight excluding hydrogens is 749 g/mol. The molecule has 0 saturated carbocycles. The van der Waals surface area contributed by atoms with Crippen LogP contribution in [0.25, 0.3) is 43.6 Å². The summed E-state index contributed by atoms with van der Waals surface area (Å²) < 4.78 is 28.1. The van der Waals surface area contributed by atoms with Gasteiger partial charge in [0.1, 0.15) is 11.5 Å². The van der Waals surface area contributed by atoms with Gasteiger partial charge in [0.15, 0.2) is 11.5 Å². The lowest BCUT2D eigenvalue weighted by molar-refractivity contribution is 0.262. The molecule has 2 aromatic heterocycles. The van der Waals surface area contributed by atoms with Gasteiger partial charge in [-0.3, -0.25) is 4.90 Å². The van der Waals surface area contributed by atoms with Gasteiger partial charge in [0, 0.05) is 64.3 Å². The first-order valence-corrected chi connectivity index (χ1v) is 19.2. The second-order valence-corrected chi connectivity index (χ2v) is 14.3. The van der Waals surface area contributed by atoms with E-state index in [4.69, 9.17) is 56.9 Å². The highest BCUT2D eigenvalue weighted by molar-refractivity contribution is 6.32. The Bertz CT molecular complexity index is 2350. The van der Waals surface area contributed by atoms with E-state index in [0.717, 1.165) is 111 Å². The normalized spacial score (nSPS) is 11.4. The van der Waals surface area contributed by atoms with Crippen LogP contribution in [0.4, 0.5) is 11.4 Å². The van der Waals surface area contributed by atoms with E-state index in [1.54, 1.807) is 35.5 Å². The third-order valence-corrected chi connectivity index (χ3v) is 10.4. The predicted octanol–water partition coefficient (Wildman–Crippen LogP) is 10.2. The molecule has 0 aliphatic rings. The molecule has 7 rings (SSSR count). The average molecular weight is 795 g/mol. The van der Waals surface area contributed by atoms with Crippen LogP contribution in [0.3, 0.4) is 0 Å². The summed E-state index contributed by atoms with van der Waals surface area (Å²) in [6.45, 7) is 3.81. The number of nitrogens with one attached hydrogen (secondary N) is 2. The predicted molar refractivity (Wildman–Crippen MR) is 229 cm³/mol. The number of methoxy groups -OCH3 is 5. The van der Waals surface area contributed by atoms with Crippen LogP contribution in [0.15, 0.2) is 84.9 Å². The maximum Gasteiger partial charge on any atom is 0.203 e. The Morgan fingerprint density at radius 1 is 0.518 bits per heavy atom. The average Bonchev–Trinajstić information content (AvgIpc) is 3.21. The number of nitrogens with zero attached hydrogens (tertiary/aromatic N) is 3. The van der Waals surface area contributed by atoms with Gasteiger partial charge < -0.3 is 34.3 Å². The second kappa shape index (κ2) is 17.6. The van der Waals surface area contributed by atoms with E-state index in [2.05, 4.69) is 15.5 Å². The fourth-order valence-corrected chi connectivity index (χ4v) is 7.55. The van der Waals surface area contributed by atoms with E-state index < -0.39 is 0 Å². The summed E-state index contributed by atoms with van der Waals surface area (Å²) in [6.07, 6.45) is 1.75. The van der Waals surface area contributed by atoms with E-state index in [9.17, 15) is 0 Å². The van der Waals surface area contributed by atoms with Crippen molar-refractivity contribution >= 4 is 78.2 Å². The monoisotopic (exact) mass is 793 g/mol. The minimum absolute atomic E-state index is 0.572. The third-order valence-electron chi connectivity index (χ3n) is 9.92. The number of benzene rings is 5. The zero-order valence-electron chi connectivity index (χ0n) is 32.2. The Kier molecular flexibility index (Phi) is 12.2. The Balaban J connectivity index is 1.12. The molecule has 0 bridgehead atoms. The van der Waals surface area contributed by atoms with Crippen LogP contribution in [0, 0.1) is 0 Å². The summed E-state index contributed by atoms with van der Waals surface area (Å²) in [5.41, 5.74) is 6.50. The largest absolute Gasteiger partial charge is 0.497 e. The minimum atomic E-state index is 0.572. The fourth-order valence-electron chi connectivity index (χ4n) is 7.21. The van der Waals surface area contributed by atoms with Crippen LogP contribution in [-0.2, 0) is 6.54 Å². The molecule has 56 heavy (non-hydrogen) atoms. The van der Waals surface area contributed by atoms with Crippen molar-refractivity contribution in [2.45, 2.75) is 19.4 Å². The van der Waals surface area contributed by atoms with Crippen LogP contribution in [0.5, 0.6) is 28.7 Å². The van der Waals surface area contributed by atoms with Gasteiger partial charge in [0.25, 0.3) is 0 Å². The van der Waals surface area contributed by atoms with E-state index in [-0.39, 0.29) is 0 Å². The standard InChI is InChI=1S/C44H45Cl2N5O5/c1-52-30-10-14-36-34(24-30)42(32-12-8-28(45)22-38(32)49-36)47-16-6-18-51(26-27-20-40(54-3)44(56-5)41(21-27)55-4)19-7-17-48-43-33-13-9-29(46)23-39(33)50-37-15-11-31(53-2)25-35(37)43/h8-15,20-25H,6-7,16-19,26H2,1-5H3,(H,47,49)(H,48,50). The fraction of sp³-hybridized carbons (Fsp3) is 0.273. The number of pyridine rings is 2. The van der Waals surface area contributed by atoms with Gasteiger partial charge in [-0.1, -0.05) is 23.2 Å². The first kappa shape index (κ1) is 38.8. The number of aromatic nitrogens is 2. The van der Waals surface area contributed by atoms with E-state index in [1.807, 2.05) is 84.9 Å². The first-order valence-electron chi connectivity index (χ1n) is 18.5. The molecule has 0 aliphatic carbocycles. The van der Waals surface area contributed by atoms with Crippen LogP contribution in [0.2, 0.25) is 10.0 Å². The third kappa shape index (κ3) is 8.38. The molecule has 0 aliphatic heterocycles. The quantitative estimate of drug-likeness (QED) is 0.0685. The number of anilines is 2. The number of rotatable bonds is 17. The Labute approximate surface area is 336 Å². The summed E-state index contributed by atoms with van der Waals surface area (Å²) in [5.74, 6) is 3.38. The Morgan fingerprint density at radius 2 is 1.00 bits per heavy atom. The molecule has 290 valence electrons. The van der Waals surface area contributed by atoms with Crippen molar-refractivity contribution in [1.82, 2.24) is 14.9 Å². The Morgan fingerprint density at radius 3 is 1.43 bits per heavy atom. The highest BCUT2D eigenvalue weighted by Crippen LogP contribution is 2.39. The van der Waals surface area contributed by atoms with Gasteiger partial charge in [-0.2, -0.15) is 0 Å².